The Labute approximate surface area is 140 Å². The van der Waals surface area contributed by atoms with Crippen molar-refractivity contribution in [2.24, 2.45) is 7.05 Å². The Kier molecular flexibility index (Phi) is 5.02. The Hall–Kier alpha value is -2.51. The van der Waals surface area contributed by atoms with Gasteiger partial charge in [0.15, 0.2) is 0 Å². The van der Waals surface area contributed by atoms with Crippen LogP contribution in [-0.4, -0.2) is 45.6 Å². The highest BCUT2D eigenvalue weighted by atomic mass is 16.6. The van der Waals surface area contributed by atoms with Crippen LogP contribution in [0.15, 0.2) is 42.7 Å². The first-order valence-electron chi connectivity index (χ1n) is 7.99. The summed E-state index contributed by atoms with van der Waals surface area (Å²) in [5, 5.41) is 14.5. The molecule has 1 fully saturated rings. The minimum Gasteiger partial charge on any atom is -0.337 e. The van der Waals surface area contributed by atoms with E-state index in [1.54, 1.807) is 12.1 Å². The second kappa shape index (κ2) is 7.37. The van der Waals surface area contributed by atoms with E-state index in [0.29, 0.717) is 5.56 Å². The van der Waals surface area contributed by atoms with Gasteiger partial charge in [0.2, 0.25) is 0 Å². The second-order valence-electron chi connectivity index (χ2n) is 5.83. The first kappa shape index (κ1) is 16.4. The molecular weight excluding hydrogens is 306 g/mol. The van der Waals surface area contributed by atoms with Crippen molar-refractivity contribution in [3.63, 3.8) is 0 Å². The molecule has 0 spiro atoms. The maximum atomic E-state index is 11.1. The van der Waals surface area contributed by atoms with Crippen LogP contribution < -0.4 is 5.32 Å². The number of benzene rings is 1. The van der Waals surface area contributed by atoms with Gasteiger partial charge in [-0.1, -0.05) is 24.3 Å². The molecule has 1 N–H and O–H groups in total. The highest BCUT2D eigenvalue weighted by Gasteiger charge is 2.25. The molecule has 24 heavy (non-hydrogen) atoms. The van der Waals surface area contributed by atoms with Gasteiger partial charge in [-0.05, 0) is 6.07 Å². The summed E-state index contributed by atoms with van der Waals surface area (Å²) in [6, 6.07) is 7.00. The first-order valence-corrected chi connectivity index (χ1v) is 7.99. The Morgan fingerprint density at radius 1 is 1.46 bits per heavy atom. The summed E-state index contributed by atoms with van der Waals surface area (Å²) in [5.74, 6) is 1.03. The van der Waals surface area contributed by atoms with Gasteiger partial charge in [0.25, 0.3) is 5.69 Å². The van der Waals surface area contributed by atoms with Gasteiger partial charge < -0.3 is 9.88 Å². The van der Waals surface area contributed by atoms with E-state index < -0.39 is 0 Å². The fourth-order valence-electron chi connectivity index (χ4n) is 3.03. The average Bonchev–Trinajstić information content (AvgIpc) is 3.01. The van der Waals surface area contributed by atoms with Crippen LogP contribution in [-0.2, 0) is 7.05 Å². The molecule has 2 aromatic rings. The molecule has 126 valence electrons. The number of nitro benzene ring substituents is 1. The predicted octanol–water partition coefficient (Wildman–Crippen LogP) is 1.99. The highest BCUT2D eigenvalue weighted by Crippen LogP contribution is 2.22. The number of hydrogen-bond donors (Lipinski definition) is 1. The minimum atomic E-state index is -0.346. The van der Waals surface area contributed by atoms with E-state index in [-0.39, 0.29) is 16.7 Å². The molecule has 3 rings (SSSR count). The average molecular weight is 327 g/mol. The van der Waals surface area contributed by atoms with Crippen molar-refractivity contribution in [2.45, 2.75) is 6.04 Å². The quantitative estimate of drug-likeness (QED) is 0.671. The molecule has 1 atom stereocenters. The summed E-state index contributed by atoms with van der Waals surface area (Å²) in [4.78, 5) is 17.5. The lowest BCUT2D eigenvalue weighted by Crippen LogP contribution is -2.46. The van der Waals surface area contributed by atoms with Gasteiger partial charge in [0.1, 0.15) is 5.82 Å². The number of aromatic nitrogens is 2. The lowest BCUT2D eigenvalue weighted by atomic mass is 10.1. The summed E-state index contributed by atoms with van der Waals surface area (Å²) >= 11 is 0. The van der Waals surface area contributed by atoms with E-state index >= 15 is 0 Å². The Bertz CT molecular complexity index is 740. The van der Waals surface area contributed by atoms with Crippen molar-refractivity contribution in [1.82, 2.24) is 19.8 Å². The van der Waals surface area contributed by atoms with E-state index in [4.69, 9.17) is 0 Å². The molecule has 0 radical (unpaired) electrons. The van der Waals surface area contributed by atoms with Crippen LogP contribution in [0.2, 0.25) is 0 Å². The third kappa shape index (κ3) is 3.52. The second-order valence-corrected chi connectivity index (χ2v) is 5.83. The molecule has 1 aliphatic rings. The maximum absolute atomic E-state index is 11.1. The number of hydrogen-bond acceptors (Lipinski definition) is 5. The van der Waals surface area contributed by atoms with E-state index in [1.165, 1.54) is 6.07 Å². The summed E-state index contributed by atoms with van der Waals surface area (Å²) in [5.41, 5.74) is 0.765. The van der Waals surface area contributed by atoms with Gasteiger partial charge in [0.05, 0.1) is 16.5 Å². The number of nitro groups is 1. The summed E-state index contributed by atoms with van der Waals surface area (Å²) in [7, 11) is 2.00. The van der Waals surface area contributed by atoms with Gasteiger partial charge in [-0.15, -0.1) is 0 Å². The Morgan fingerprint density at radius 3 is 3.04 bits per heavy atom. The zero-order valence-corrected chi connectivity index (χ0v) is 13.6. The standard InChI is InChI=1S/C17H21N5O2/c1-20-11-9-19-17(20)16-13-18-8-12-21(16)10-4-6-14-5-2-3-7-15(14)22(23)24/h2-7,9,11,16,18H,8,10,12-13H2,1H3/b6-4+. The van der Waals surface area contributed by atoms with E-state index in [0.717, 1.165) is 32.0 Å². The number of nitrogens with one attached hydrogen (secondary N) is 1. The fourth-order valence-corrected chi connectivity index (χ4v) is 3.03. The first-order chi connectivity index (χ1) is 11.7. The molecule has 1 aliphatic heterocycles. The van der Waals surface area contributed by atoms with Gasteiger partial charge in [-0.2, -0.15) is 0 Å². The lowest BCUT2D eigenvalue weighted by molar-refractivity contribution is -0.385. The predicted molar refractivity (Wildman–Crippen MR) is 92.5 cm³/mol. The monoisotopic (exact) mass is 327 g/mol. The fraction of sp³-hybridized carbons (Fsp3) is 0.353. The highest BCUT2D eigenvalue weighted by molar-refractivity contribution is 5.60. The number of nitrogens with zero attached hydrogens (tertiary/aromatic N) is 4. The molecule has 1 unspecified atom stereocenters. The molecular formula is C17H21N5O2. The number of imidazole rings is 1. The Morgan fingerprint density at radius 2 is 2.29 bits per heavy atom. The number of piperazine rings is 1. The molecule has 7 nitrogen and oxygen atoms in total. The van der Waals surface area contributed by atoms with Crippen LogP contribution in [0.25, 0.3) is 6.08 Å². The minimum absolute atomic E-state index is 0.134. The van der Waals surface area contributed by atoms with Gasteiger partial charge in [-0.3, -0.25) is 15.0 Å². The molecule has 0 aliphatic carbocycles. The smallest absolute Gasteiger partial charge is 0.276 e. The van der Waals surface area contributed by atoms with Gasteiger partial charge in [0, 0.05) is 51.7 Å². The summed E-state index contributed by atoms with van der Waals surface area (Å²) < 4.78 is 2.04. The molecule has 0 bridgehead atoms. The van der Waals surface area contributed by atoms with Crippen molar-refractivity contribution in [1.29, 1.82) is 0 Å². The molecule has 1 aromatic heterocycles. The SMILES string of the molecule is Cn1ccnc1C1CNCCN1C/C=C/c1ccccc1[N+](=O)[O-]. The zero-order chi connectivity index (χ0) is 16.9. The lowest BCUT2D eigenvalue weighted by Gasteiger charge is -2.34. The third-order valence-electron chi connectivity index (χ3n) is 4.28. The zero-order valence-electron chi connectivity index (χ0n) is 13.6. The molecule has 1 aromatic carbocycles. The van der Waals surface area contributed by atoms with E-state index in [1.807, 2.05) is 42.2 Å². The summed E-state index contributed by atoms with van der Waals surface area (Å²) in [6.45, 7) is 3.43. The van der Waals surface area contributed by atoms with Crippen LogP contribution in [0.1, 0.15) is 17.4 Å². The Balaban J connectivity index is 1.73. The third-order valence-corrected chi connectivity index (χ3v) is 4.28. The number of aryl methyl sites for hydroxylation is 1. The van der Waals surface area contributed by atoms with Crippen LogP contribution in [0.5, 0.6) is 0 Å². The molecule has 1 saturated heterocycles. The van der Waals surface area contributed by atoms with Crippen molar-refractivity contribution < 1.29 is 4.92 Å². The van der Waals surface area contributed by atoms with Gasteiger partial charge in [-0.25, -0.2) is 4.98 Å². The summed E-state index contributed by atoms with van der Waals surface area (Å²) in [6.07, 6.45) is 7.58. The van der Waals surface area contributed by atoms with Crippen molar-refractivity contribution in [3.05, 3.63) is 64.2 Å². The molecule has 2 heterocycles. The van der Waals surface area contributed by atoms with E-state index in [2.05, 4.69) is 15.2 Å². The largest absolute Gasteiger partial charge is 0.337 e. The van der Waals surface area contributed by atoms with Crippen molar-refractivity contribution in [3.8, 4) is 0 Å². The van der Waals surface area contributed by atoms with Gasteiger partial charge >= 0.3 is 0 Å². The van der Waals surface area contributed by atoms with Crippen LogP contribution >= 0.6 is 0 Å². The van der Waals surface area contributed by atoms with Crippen molar-refractivity contribution >= 4 is 11.8 Å². The van der Waals surface area contributed by atoms with E-state index in [9.17, 15) is 10.1 Å². The molecule has 0 saturated carbocycles. The van der Waals surface area contributed by atoms with Crippen molar-refractivity contribution in [2.75, 3.05) is 26.2 Å². The molecule has 7 heteroatoms. The maximum Gasteiger partial charge on any atom is 0.276 e. The normalized spacial score (nSPS) is 19.0. The number of rotatable bonds is 5. The molecule has 0 amide bonds. The van der Waals surface area contributed by atoms with Crippen LogP contribution in [0.3, 0.4) is 0 Å². The van der Waals surface area contributed by atoms with Crippen LogP contribution in [0, 0.1) is 10.1 Å². The topological polar surface area (TPSA) is 76.2 Å². The van der Waals surface area contributed by atoms with Crippen LogP contribution in [0.4, 0.5) is 5.69 Å². The number of para-hydroxylation sites is 1.